The van der Waals surface area contributed by atoms with Crippen molar-refractivity contribution in [1.29, 1.82) is 5.26 Å². The standard InChI is InChI=1S/C16H18N2O/c1-16(2)13-10-19-14-7-5-4-6-12(14)15(13)11(8-17)9-18(16)3/h4-7,9,13,15H,10H2,1-3H3/t13-,15-/m1/s1. The second kappa shape index (κ2) is 4.03. The van der Waals surface area contributed by atoms with Gasteiger partial charge in [-0.2, -0.15) is 5.26 Å². The van der Waals surface area contributed by atoms with Crippen LogP contribution in [0.5, 0.6) is 5.75 Å². The first-order chi connectivity index (χ1) is 9.05. The van der Waals surface area contributed by atoms with Crippen molar-refractivity contribution < 1.29 is 4.74 Å². The third-order valence-corrected chi connectivity index (χ3v) is 4.69. The molecule has 1 aromatic rings. The second-order valence-electron chi connectivity index (χ2n) is 5.89. The van der Waals surface area contributed by atoms with E-state index in [1.807, 2.05) is 31.4 Å². The van der Waals surface area contributed by atoms with Crippen LogP contribution in [0, 0.1) is 17.2 Å². The van der Waals surface area contributed by atoms with Gasteiger partial charge >= 0.3 is 0 Å². The molecular weight excluding hydrogens is 236 g/mol. The van der Waals surface area contributed by atoms with E-state index in [-0.39, 0.29) is 11.5 Å². The Kier molecular flexibility index (Phi) is 2.56. The lowest BCUT2D eigenvalue weighted by molar-refractivity contribution is 0.0534. The zero-order chi connectivity index (χ0) is 13.6. The highest BCUT2D eigenvalue weighted by atomic mass is 16.5. The molecule has 0 amide bonds. The van der Waals surface area contributed by atoms with Gasteiger partial charge in [-0.05, 0) is 19.9 Å². The van der Waals surface area contributed by atoms with E-state index in [1.54, 1.807) is 0 Å². The predicted molar refractivity (Wildman–Crippen MR) is 73.7 cm³/mol. The van der Waals surface area contributed by atoms with E-state index in [2.05, 4.69) is 30.9 Å². The summed E-state index contributed by atoms with van der Waals surface area (Å²) in [6.45, 7) is 5.09. The van der Waals surface area contributed by atoms with Crippen LogP contribution in [0.2, 0.25) is 0 Å². The van der Waals surface area contributed by atoms with E-state index in [4.69, 9.17) is 4.74 Å². The second-order valence-corrected chi connectivity index (χ2v) is 5.89. The summed E-state index contributed by atoms with van der Waals surface area (Å²) < 4.78 is 5.91. The van der Waals surface area contributed by atoms with Crippen molar-refractivity contribution >= 4 is 0 Å². The third-order valence-electron chi connectivity index (χ3n) is 4.69. The molecule has 0 N–H and O–H groups in total. The molecular formula is C16H18N2O. The molecule has 0 saturated heterocycles. The third kappa shape index (κ3) is 1.63. The summed E-state index contributed by atoms with van der Waals surface area (Å²) in [7, 11) is 2.04. The lowest BCUT2D eigenvalue weighted by Gasteiger charge is -2.50. The molecule has 0 saturated carbocycles. The van der Waals surface area contributed by atoms with Crippen LogP contribution in [0.1, 0.15) is 25.3 Å². The molecule has 0 radical (unpaired) electrons. The smallest absolute Gasteiger partial charge is 0.123 e. The molecule has 19 heavy (non-hydrogen) atoms. The van der Waals surface area contributed by atoms with E-state index < -0.39 is 0 Å². The normalized spacial score (nSPS) is 27.5. The Balaban J connectivity index is 2.18. The highest BCUT2D eigenvalue weighted by Gasteiger charge is 2.47. The first-order valence-corrected chi connectivity index (χ1v) is 6.62. The average molecular weight is 254 g/mol. The van der Waals surface area contributed by atoms with Crippen LogP contribution < -0.4 is 4.74 Å². The number of rotatable bonds is 0. The summed E-state index contributed by atoms with van der Waals surface area (Å²) in [6.07, 6.45) is 1.99. The van der Waals surface area contributed by atoms with Crippen molar-refractivity contribution in [2.24, 2.45) is 5.92 Å². The van der Waals surface area contributed by atoms with Crippen LogP contribution in [0.3, 0.4) is 0 Å². The lowest BCUT2D eigenvalue weighted by atomic mass is 9.68. The van der Waals surface area contributed by atoms with Crippen molar-refractivity contribution in [3.05, 3.63) is 41.6 Å². The van der Waals surface area contributed by atoms with Gasteiger partial charge in [0.05, 0.1) is 18.2 Å². The molecule has 0 bridgehead atoms. The highest BCUT2D eigenvalue weighted by Crippen LogP contribution is 2.49. The van der Waals surface area contributed by atoms with Gasteiger partial charge in [0, 0.05) is 36.2 Å². The van der Waals surface area contributed by atoms with Crippen LogP contribution in [-0.2, 0) is 0 Å². The molecule has 3 rings (SSSR count). The molecule has 3 heteroatoms. The van der Waals surface area contributed by atoms with E-state index in [1.165, 1.54) is 0 Å². The monoisotopic (exact) mass is 254 g/mol. The molecule has 3 nitrogen and oxygen atoms in total. The minimum Gasteiger partial charge on any atom is -0.493 e. The van der Waals surface area contributed by atoms with Gasteiger partial charge in [-0.25, -0.2) is 0 Å². The minimum atomic E-state index is -0.0153. The van der Waals surface area contributed by atoms with Crippen LogP contribution in [0.15, 0.2) is 36.0 Å². The first-order valence-electron chi connectivity index (χ1n) is 6.62. The SMILES string of the molecule is CN1C=C(C#N)[C@@H]2c3ccccc3OC[C@H]2C1(C)C. The van der Waals surface area contributed by atoms with E-state index >= 15 is 0 Å². The lowest BCUT2D eigenvalue weighted by Crippen LogP contribution is -2.53. The van der Waals surface area contributed by atoms with Crippen molar-refractivity contribution in [3.8, 4) is 11.8 Å². The topological polar surface area (TPSA) is 36.3 Å². The van der Waals surface area contributed by atoms with Gasteiger partial charge in [-0.1, -0.05) is 18.2 Å². The van der Waals surface area contributed by atoms with Crippen molar-refractivity contribution in [1.82, 2.24) is 4.90 Å². The zero-order valence-electron chi connectivity index (χ0n) is 11.6. The molecule has 0 unspecified atom stereocenters. The Bertz CT molecular complexity index is 583. The number of ether oxygens (including phenoxy) is 1. The van der Waals surface area contributed by atoms with Crippen molar-refractivity contribution in [3.63, 3.8) is 0 Å². The number of hydrogen-bond donors (Lipinski definition) is 0. The number of allylic oxidation sites excluding steroid dienone is 1. The van der Waals surface area contributed by atoms with Gasteiger partial charge in [0.15, 0.2) is 0 Å². The molecule has 1 aromatic carbocycles. The van der Waals surface area contributed by atoms with Crippen LogP contribution in [0.25, 0.3) is 0 Å². The summed E-state index contributed by atoms with van der Waals surface area (Å²) >= 11 is 0. The van der Waals surface area contributed by atoms with Crippen LogP contribution >= 0.6 is 0 Å². The largest absolute Gasteiger partial charge is 0.493 e. The Morgan fingerprint density at radius 3 is 2.84 bits per heavy atom. The Morgan fingerprint density at radius 2 is 2.11 bits per heavy atom. The maximum atomic E-state index is 9.46. The minimum absolute atomic E-state index is 0.0153. The van der Waals surface area contributed by atoms with Gasteiger partial charge in [0.1, 0.15) is 5.75 Å². The molecule has 2 atom stereocenters. The van der Waals surface area contributed by atoms with Gasteiger partial charge < -0.3 is 9.64 Å². The number of nitrogens with zero attached hydrogens (tertiary/aromatic N) is 2. The summed E-state index contributed by atoms with van der Waals surface area (Å²) in [5.74, 6) is 1.37. The van der Waals surface area contributed by atoms with Gasteiger partial charge in [0.2, 0.25) is 0 Å². The van der Waals surface area contributed by atoms with Gasteiger partial charge in [0.25, 0.3) is 0 Å². The number of hydrogen-bond acceptors (Lipinski definition) is 3. The number of nitriles is 1. The molecule has 0 fully saturated rings. The van der Waals surface area contributed by atoms with Crippen LogP contribution in [0.4, 0.5) is 0 Å². The average Bonchev–Trinajstić information content (AvgIpc) is 2.42. The Labute approximate surface area is 114 Å². The van der Waals surface area contributed by atoms with E-state index in [9.17, 15) is 5.26 Å². The fourth-order valence-corrected chi connectivity index (χ4v) is 3.17. The zero-order valence-corrected chi connectivity index (χ0v) is 11.6. The van der Waals surface area contributed by atoms with Gasteiger partial charge in [-0.3, -0.25) is 0 Å². The Hall–Kier alpha value is -1.95. The van der Waals surface area contributed by atoms with Crippen molar-refractivity contribution in [2.75, 3.05) is 13.7 Å². The predicted octanol–water partition coefficient (Wildman–Crippen LogP) is 2.91. The van der Waals surface area contributed by atoms with Gasteiger partial charge in [-0.15, -0.1) is 0 Å². The molecule has 0 spiro atoms. The highest BCUT2D eigenvalue weighted by molar-refractivity contribution is 5.48. The maximum absolute atomic E-state index is 9.46. The molecule has 98 valence electrons. The summed E-state index contributed by atoms with van der Waals surface area (Å²) in [6, 6.07) is 10.5. The first kappa shape index (κ1) is 12.1. The van der Waals surface area contributed by atoms with E-state index in [0.29, 0.717) is 12.5 Å². The fraction of sp³-hybridized carbons (Fsp3) is 0.438. The molecule has 0 aliphatic carbocycles. The van der Waals surface area contributed by atoms with E-state index in [0.717, 1.165) is 16.9 Å². The number of benzene rings is 1. The quantitative estimate of drug-likeness (QED) is 0.714. The molecule has 0 aromatic heterocycles. The Morgan fingerprint density at radius 1 is 1.37 bits per heavy atom. The van der Waals surface area contributed by atoms with Crippen LogP contribution in [-0.4, -0.2) is 24.1 Å². The summed E-state index contributed by atoms with van der Waals surface area (Å²) in [5.41, 5.74) is 1.97. The van der Waals surface area contributed by atoms with Crippen molar-refractivity contribution in [2.45, 2.75) is 25.3 Å². The molecule has 2 aliphatic heterocycles. The summed E-state index contributed by atoms with van der Waals surface area (Å²) in [4.78, 5) is 2.14. The molecule has 2 aliphatic rings. The number of para-hydroxylation sites is 1. The summed E-state index contributed by atoms with van der Waals surface area (Å²) in [5, 5.41) is 9.46. The number of fused-ring (bicyclic) bond motifs is 3. The maximum Gasteiger partial charge on any atom is 0.123 e. The molecule has 2 heterocycles. The fourth-order valence-electron chi connectivity index (χ4n) is 3.17.